The maximum Gasteiger partial charge on any atom is 0.257 e. The summed E-state index contributed by atoms with van der Waals surface area (Å²) in [7, 11) is 0. The number of pyridine rings is 1. The number of aromatic nitrogens is 1. The molecular weight excluding hydrogens is 300 g/mol. The summed E-state index contributed by atoms with van der Waals surface area (Å²) in [6, 6.07) is 4.88. The van der Waals surface area contributed by atoms with Crippen molar-refractivity contribution in [3.8, 4) is 0 Å². The van der Waals surface area contributed by atoms with Gasteiger partial charge in [-0.25, -0.2) is 8.78 Å². The predicted molar refractivity (Wildman–Crippen MR) is 86.6 cm³/mol. The maximum absolute atomic E-state index is 13.1. The second-order valence-corrected chi connectivity index (χ2v) is 5.18. The van der Waals surface area contributed by atoms with E-state index in [0.29, 0.717) is 5.56 Å². The van der Waals surface area contributed by atoms with E-state index in [1.54, 1.807) is 12.3 Å². The fourth-order valence-electron chi connectivity index (χ4n) is 2.05. The Bertz CT molecular complexity index is 677. The van der Waals surface area contributed by atoms with E-state index in [1.807, 2.05) is 0 Å². The Kier molecular flexibility index (Phi) is 6.02. The van der Waals surface area contributed by atoms with Crippen molar-refractivity contribution < 1.29 is 13.6 Å². The number of amides is 1. The summed E-state index contributed by atoms with van der Waals surface area (Å²) in [4.78, 5) is 16.2. The van der Waals surface area contributed by atoms with Crippen molar-refractivity contribution in [3.05, 3.63) is 53.9 Å². The Hall–Kier alpha value is -2.50. The van der Waals surface area contributed by atoms with E-state index in [1.165, 1.54) is 12.3 Å². The minimum Gasteiger partial charge on any atom is -0.384 e. The number of carbonyl (C=O) groups excluding carboxylic acids is 1. The summed E-state index contributed by atoms with van der Waals surface area (Å²) >= 11 is 0. The van der Waals surface area contributed by atoms with Crippen molar-refractivity contribution in [2.24, 2.45) is 0 Å². The lowest BCUT2D eigenvalue weighted by Crippen LogP contribution is -2.13. The molecule has 4 nitrogen and oxygen atoms in total. The highest BCUT2D eigenvalue weighted by molar-refractivity contribution is 6.04. The summed E-state index contributed by atoms with van der Waals surface area (Å²) in [6.45, 7) is 2.94. The Balaban J connectivity index is 2.00. The molecule has 0 spiro atoms. The predicted octanol–water partition coefficient (Wildman–Crippen LogP) is 4.21. The van der Waals surface area contributed by atoms with Crippen LogP contribution in [0.5, 0.6) is 0 Å². The molecular formula is C17H19F2N3O. The highest BCUT2D eigenvalue weighted by atomic mass is 19.2. The summed E-state index contributed by atoms with van der Waals surface area (Å²) in [5.74, 6) is -2.39. The van der Waals surface area contributed by atoms with Crippen molar-refractivity contribution in [2.45, 2.75) is 26.2 Å². The second-order valence-electron chi connectivity index (χ2n) is 5.18. The number of carbonyl (C=O) groups is 1. The van der Waals surface area contributed by atoms with Crippen LogP contribution in [-0.2, 0) is 0 Å². The van der Waals surface area contributed by atoms with Crippen LogP contribution in [0.25, 0.3) is 0 Å². The molecule has 0 aliphatic carbocycles. The number of halogens is 2. The third kappa shape index (κ3) is 5.02. The molecule has 0 saturated heterocycles. The highest BCUT2D eigenvalue weighted by Gasteiger charge is 2.09. The summed E-state index contributed by atoms with van der Waals surface area (Å²) < 4.78 is 26.0. The van der Waals surface area contributed by atoms with Crippen LogP contribution in [0.15, 0.2) is 36.7 Å². The molecule has 2 aromatic rings. The van der Waals surface area contributed by atoms with Gasteiger partial charge in [-0.3, -0.25) is 9.78 Å². The molecule has 1 heterocycles. The lowest BCUT2D eigenvalue weighted by atomic mass is 10.2. The number of rotatable bonds is 7. The number of nitrogens with zero attached hydrogens (tertiary/aromatic N) is 1. The van der Waals surface area contributed by atoms with E-state index < -0.39 is 17.5 Å². The minimum absolute atomic E-state index is 0.190. The van der Waals surface area contributed by atoms with E-state index in [0.717, 1.165) is 43.6 Å². The molecule has 0 aliphatic rings. The second kappa shape index (κ2) is 8.22. The molecule has 0 radical (unpaired) electrons. The molecule has 23 heavy (non-hydrogen) atoms. The zero-order chi connectivity index (χ0) is 16.7. The number of nitrogens with one attached hydrogen (secondary N) is 2. The van der Waals surface area contributed by atoms with Gasteiger partial charge in [-0.05, 0) is 24.6 Å². The molecule has 2 N–H and O–H groups in total. The lowest BCUT2D eigenvalue weighted by Gasteiger charge is -2.08. The van der Waals surface area contributed by atoms with Gasteiger partial charge in [0.2, 0.25) is 0 Å². The average molecular weight is 319 g/mol. The van der Waals surface area contributed by atoms with Crippen molar-refractivity contribution in [1.29, 1.82) is 0 Å². The van der Waals surface area contributed by atoms with Crippen LogP contribution in [0, 0.1) is 11.6 Å². The smallest absolute Gasteiger partial charge is 0.257 e. The first-order valence-corrected chi connectivity index (χ1v) is 7.55. The maximum atomic E-state index is 13.1. The standard InChI is InChI=1S/C17H19F2N3O/c1-2-3-4-7-21-14-8-12(10-20-11-14)17(23)22-13-5-6-15(18)16(19)9-13/h5-6,8-11,21H,2-4,7H2,1H3,(H,22,23). The first-order chi connectivity index (χ1) is 11.1. The van der Waals surface area contributed by atoms with Crippen LogP contribution >= 0.6 is 0 Å². The lowest BCUT2D eigenvalue weighted by molar-refractivity contribution is 0.102. The van der Waals surface area contributed by atoms with Crippen LogP contribution < -0.4 is 10.6 Å². The molecule has 0 saturated carbocycles. The van der Waals surface area contributed by atoms with Crippen LogP contribution in [0.2, 0.25) is 0 Å². The third-order valence-electron chi connectivity index (χ3n) is 3.29. The van der Waals surface area contributed by atoms with Gasteiger partial charge in [0.05, 0.1) is 11.3 Å². The molecule has 0 aliphatic heterocycles. The minimum atomic E-state index is -1.01. The Morgan fingerprint density at radius 2 is 1.91 bits per heavy atom. The summed E-state index contributed by atoms with van der Waals surface area (Å²) in [5, 5.41) is 5.72. The zero-order valence-corrected chi connectivity index (χ0v) is 12.9. The van der Waals surface area contributed by atoms with E-state index >= 15 is 0 Å². The molecule has 1 aromatic carbocycles. The molecule has 1 aromatic heterocycles. The van der Waals surface area contributed by atoms with E-state index in [4.69, 9.17) is 0 Å². The molecule has 1 amide bonds. The monoisotopic (exact) mass is 319 g/mol. The van der Waals surface area contributed by atoms with Gasteiger partial charge >= 0.3 is 0 Å². The van der Waals surface area contributed by atoms with Gasteiger partial charge in [0.25, 0.3) is 5.91 Å². The average Bonchev–Trinajstić information content (AvgIpc) is 2.55. The summed E-state index contributed by atoms with van der Waals surface area (Å²) in [6.07, 6.45) is 6.38. The first-order valence-electron chi connectivity index (χ1n) is 7.55. The van der Waals surface area contributed by atoms with Crippen molar-refractivity contribution in [3.63, 3.8) is 0 Å². The van der Waals surface area contributed by atoms with E-state index in [-0.39, 0.29) is 5.69 Å². The quantitative estimate of drug-likeness (QED) is 0.752. The van der Waals surface area contributed by atoms with Crippen LogP contribution in [0.1, 0.15) is 36.5 Å². The van der Waals surface area contributed by atoms with Crippen molar-refractivity contribution in [1.82, 2.24) is 4.98 Å². The van der Waals surface area contributed by atoms with Crippen LogP contribution in [0.4, 0.5) is 20.2 Å². The van der Waals surface area contributed by atoms with Crippen LogP contribution in [-0.4, -0.2) is 17.4 Å². The third-order valence-corrected chi connectivity index (χ3v) is 3.29. The molecule has 0 bridgehead atoms. The Morgan fingerprint density at radius 3 is 2.65 bits per heavy atom. The SMILES string of the molecule is CCCCCNc1cncc(C(=O)Nc2ccc(F)c(F)c2)c1. The molecule has 122 valence electrons. The molecule has 0 fully saturated rings. The van der Waals surface area contributed by atoms with Crippen molar-refractivity contribution in [2.75, 3.05) is 17.2 Å². The summed E-state index contributed by atoms with van der Waals surface area (Å²) in [5.41, 5.74) is 1.28. The van der Waals surface area contributed by atoms with Gasteiger partial charge in [0.15, 0.2) is 11.6 Å². The fourth-order valence-corrected chi connectivity index (χ4v) is 2.05. The molecule has 0 unspecified atom stereocenters. The number of benzene rings is 1. The molecule has 2 rings (SSSR count). The van der Waals surface area contributed by atoms with Gasteiger partial charge in [-0.2, -0.15) is 0 Å². The topological polar surface area (TPSA) is 54.0 Å². The fraction of sp³-hybridized carbons (Fsp3) is 0.294. The van der Waals surface area contributed by atoms with Gasteiger partial charge in [-0.15, -0.1) is 0 Å². The molecule has 0 atom stereocenters. The number of hydrogen-bond donors (Lipinski definition) is 2. The largest absolute Gasteiger partial charge is 0.384 e. The number of hydrogen-bond acceptors (Lipinski definition) is 3. The normalized spacial score (nSPS) is 10.4. The van der Waals surface area contributed by atoms with E-state index in [2.05, 4.69) is 22.5 Å². The van der Waals surface area contributed by atoms with Crippen LogP contribution in [0.3, 0.4) is 0 Å². The van der Waals surface area contributed by atoms with Crippen molar-refractivity contribution >= 4 is 17.3 Å². The number of anilines is 2. The van der Waals surface area contributed by atoms with Gasteiger partial charge < -0.3 is 10.6 Å². The van der Waals surface area contributed by atoms with Gasteiger partial charge in [0.1, 0.15) is 0 Å². The Labute approximate surface area is 133 Å². The van der Waals surface area contributed by atoms with E-state index in [9.17, 15) is 13.6 Å². The van der Waals surface area contributed by atoms with Gasteiger partial charge in [0, 0.05) is 30.7 Å². The first kappa shape index (κ1) is 16.9. The molecule has 6 heteroatoms. The zero-order valence-electron chi connectivity index (χ0n) is 12.9. The van der Waals surface area contributed by atoms with Gasteiger partial charge in [-0.1, -0.05) is 19.8 Å². The highest BCUT2D eigenvalue weighted by Crippen LogP contribution is 2.15. The Morgan fingerprint density at radius 1 is 1.09 bits per heavy atom. The number of unbranched alkanes of at least 4 members (excludes halogenated alkanes) is 2.